The van der Waals surface area contributed by atoms with Crippen molar-refractivity contribution in [2.24, 2.45) is 0 Å². The maximum atomic E-state index is 15.3. The Labute approximate surface area is 203 Å². The van der Waals surface area contributed by atoms with E-state index >= 15 is 4.39 Å². The van der Waals surface area contributed by atoms with Crippen molar-refractivity contribution in [3.63, 3.8) is 0 Å². The molecule has 1 aliphatic rings. The van der Waals surface area contributed by atoms with Gasteiger partial charge in [0.1, 0.15) is 0 Å². The molecule has 172 valence electrons. The van der Waals surface area contributed by atoms with Gasteiger partial charge in [-0.1, -0.05) is 24.3 Å². The Morgan fingerprint density at radius 3 is 2.86 bits per heavy atom. The van der Waals surface area contributed by atoms with Gasteiger partial charge < -0.3 is 0 Å². The number of amides is 1. The van der Waals surface area contributed by atoms with Crippen LogP contribution in [0.3, 0.4) is 0 Å². The molecule has 0 N–H and O–H groups in total. The van der Waals surface area contributed by atoms with E-state index in [1.54, 1.807) is 23.6 Å². The molecular formula is C28H24BFN4O. The predicted octanol–water partition coefficient (Wildman–Crippen LogP) is 5.35. The van der Waals surface area contributed by atoms with Gasteiger partial charge in [0.05, 0.1) is 0 Å². The first-order valence-electron chi connectivity index (χ1n) is 12.0. The Bertz CT molecular complexity index is 1610. The number of fused-ring (bicyclic) bond motifs is 3. The molecule has 0 bridgehead atoms. The normalized spacial score (nSPS) is 15.4. The van der Waals surface area contributed by atoms with E-state index in [2.05, 4.69) is 29.1 Å². The number of hydrogen-bond acceptors (Lipinski definition) is 3. The van der Waals surface area contributed by atoms with E-state index in [1.807, 2.05) is 54.2 Å². The van der Waals surface area contributed by atoms with Crippen molar-refractivity contribution < 1.29 is 9.18 Å². The van der Waals surface area contributed by atoms with E-state index < -0.39 is 0 Å². The first-order chi connectivity index (χ1) is 17.0. The van der Waals surface area contributed by atoms with Crippen LogP contribution in [0.25, 0.3) is 27.6 Å². The molecule has 4 heterocycles. The van der Waals surface area contributed by atoms with Gasteiger partial charge in [-0.15, -0.1) is 0 Å². The van der Waals surface area contributed by atoms with Gasteiger partial charge in [0, 0.05) is 0 Å². The zero-order valence-corrected chi connectivity index (χ0v) is 19.7. The first kappa shape index (κ1) is 21.7. The zero-order valence-electron chi connectivity index (χ0n) is 19.7. The molecule has 1 unspecified atom stereocenters. The standard InChI is InChI=1S/C28H24BFN4O/c1-3-20-15-24(28(35)33-14-12-18-7-4-5-9-21(18)17(33)2)31-25-16-23(32-34(20)25)22-11-10-19-8-6-13-29-26(19)27(22)30/h4-11,13,15-17H,3,12,14H2,1-2H3. The Morgan fingerprint density at radius 1 is 1.14 bits per heavy atom. The van der Waals surface area contributed by atoms with Crippen molar-refractivity contribution >= 4 is 29.1 Å². The van der Waals surface area contributed by atoms with Gasteiger partial charge in [0.25, 0.3) is 0 Å². The summed E-state index contributed by atoms with van der Waals surface area (Å²) in [4.78, 5) is 20.1. The van der Waals surface area contributed by atoms with E-state index in [0.717, 1.165) is 17.5 Å². The minimum atomic E-state index is -0.304. The van der Waals surface area contributed by atoms with Crippen molar-refractivity contribution in [3.05, 3.63) is 95.0 Å². The summed E-state index contributed by atoms with van der Waals surface area (Å²) in [6.07, 6.45) is 1.49. The van der Waals surface area contributed by atoms with Crippen molar-refractivity contribution in [3.8, 4) is 11.3 Å². The van der Waals surface area contributed by atoms with E-state index in [0.29, 0.717) is 40.8 Å². The molecule has 7 heteroatoms. The topological polar surface area (TPSA) is 50.5 Å². The number of carbonyl (C=O) groups excluding carboxylic acids is 1. The van der Waals surface area contributed by atoms with Crippen LogP contribution in [0.5, 0.6) is 0 Å². The van der Waals surface area contributed by atoms with Gasteiger partial charge in [-0.3, -0.25) is 0 Å². The molecule has 5 nitrogen and oxygen atoms in total. The number of benzene rings is 2. The Morgan fingerprint density at radius 2 is 2.00 bits per heavy atom. The first-order valence-corrected chi connectivity index (χ1v) is 12.0. The minimum absolute atomic E-state index is 0.0253. The molecule has 1 aliphatic heterocycles. The fourth-order valence-electron chi connectivity index (χ4n) is 5.16. The molecule has 1 atom stereocenters. The van der Waals surface area contributed by atoms with Crippen LogP contribution >= 0.6 is 0 Å². The average molecular weight is 462 g/mol. The number of aromatic nitrogens is 3. The molecule has 35 heavy (non-hydrogen) atoms. The molecule has 1 amide bonds. The second-order valence-electron chi connectivity index (χ2n) is 9.06. The van der Waals surface area contributed by atoms with Gasteiger partial charge in [-0.2, -0.15) is 0 Å². The van der Waals surface area contributed by atoms with Gasteiger partial charge in [0.15, 0.2) is 0 Å². The second kappa shape index (κ2) is 8.41. The van der Waals surface area contributed by atoms with Crippen molar-refractivity contribution in [2.75, 3.05) is 6.54 Å². The predicted molar refractivity (Wildman–Crippen MR) is 136 cm³/mol. The molecule has 2 aromatic carbocycles. The van der Waals surface area contributed by atoms with Crippen LogP contribution in [0.2, 0.25) is 0 Å². The zero-order chi connectivity index (χ0) is 24.1. The third-order valence-electron chi connectivity index (χ3n) is 7.08. The fraction of sp³-hybridized carbons (Fsp3) is 0.214. The fourth-order valence-corrected chi connectivity index (χ4v) is 5.16. The van der Waals surface area contributed by atoms with E-state index in [-0.39, 0.29) is 17.8 Å². The third kappa shape index (κ3) is 3.54. The monoisotopic (exact) mass is 462 g/mol. The molecule has 0 spiro atoms. The van der Waals surface area contributed by atoms with Crippen molar-refractivity contribution in [2.45, 2.75) is 32.7 Å². The van der Waals surface area contributed by atoms with Crippen molar-refractivity contribution in [1.82, 2.24) is 19.5 Å². The Kier molecular flexibility index (Phi) is 5.21. The molecule has 0 saturated heterocycles. The molecule has 3 aromatic heterocycles. The van der Waals surface area contributed by atoms with Gasteiger partial charge >= 0.3 is 173 Å². The summed E-state index contributed by atoms with van der Waals surface area (Å²) < 4.78 is 17.1. The molecule has 6 rings (SSSR count). The number of carbonyl (C=O) groups is 1. The van der Waals surface area contributed by atoms with Crippen LogP contribution < -0.4 is 0 Å². The molecule has 5 aromatic rings. The summed E-state index contributed by atoms with van der Waals surface area (Å²) in [5.41, 5.74) is 5.19. The summed E-state index contributed by atoms with van der Waals surface area (Å²) in [7, 11) is 0. The van der Waals surface area contributed by atoms with Crippen LogP contribution in [0.15, 0.2) is 66.6 Å². The SMILES string of the molecule is CCc1cc(C(=O)N2CCc3ccccc3C2C)nc2cc(-c3ccc4cccbc4c3F)nn12. The summed E-state index contributed by atoms with van der Waals surface area (Å²) in [6, 6.07) is 19.3. The van der Waals surface area contributed by atoms with Crippen LogP contribution in [0, 0.1) is 5.82 Å². The van der Waals surface area contributed by atoms with Crippen LogP contribution in [0.1, 0.15) is 47.2 Å². The molecule has 0 radical (unpaired) electrons. The quantitative estimate of drug-likeness (QED) is 0.363. The molecular weight excluding hydrogens is 438 g/mol. The van der Waals surface area contributed by atoms with Crippen LogP contribution in [0.4, 0.5) is 4.39 Å². The van der Waals surface area contributed by atoms with E-state index in [9.17, 15) is 4.79 Å². The van der Waals surface area contributed by atoms with Gasteiger partial charge in [0.2, 0.25) is 0 Å². The summed E-state index contributed by atoms with van der Waals surface area (Å²) in [5.74, 6) is 1.43. The molecule has 0 aliphatic carbocycles. The van der Waals surface area contributed by atoms with E-state index in [1.165, 1.54) is 11.1 Å². The molecule has 0 fully saturated rings. The summed E-state index contributed by atoms with van der Waals surface area (Å²) in [6.45, 7) is 6.50. The number of nitrogens with zero attached hydrogens (tertiary/aromatic N) is 4. The number of aryl methyl sites for hydroxylation is 1. The Balaban J connectivity index is 1.41. The number of halogens is 1. The summed E-state index contributed by atoms with van der Waals surface area (Å²) in [5, 5.41) is 6.07. The number of rotatable bonds is 3. The Hall–Kier alpha value is -3.87. The maximum absolute atomic E-state index is 15.3. The number of hydrogen-bond donors (Lipinski definition) is 0. The second-order valence-corrected chi connectivity index (χ2v) is 9.06. The third-order valence-corrected chi connectivity index (χ3v) is 7.08. The van der Waals surface area contributed by atoms with Crippen LogP contribution in [-0.2, 0) is 12.8 Å². The van der Waals surface area contributed by atoms with E-state index in [4.69, 9.17) is 0 Å². The summed E-state index contributed by atoms with van der Waals surface area (Å²) >= 11 is 0. The van der Waals surface area contributed by atoms with Crippen molar-refractivity contribution in [1.29, 1.82) is 0 Å². The van der Waals surface area contributed by atoms with Gasteiger partial charge in [-0.05, 0) is 5.56 Å². The average Bonchev–Trinajstić information content (AvgIpc) is 3.32. The van der Waals surface area contributed by atoms with Gasteiger partial charge in [-0.25, -0.2) is 0 Å². The molecule has 0 saturated carbocycles. The van der Waals surface area contributed by atoms with Crippen LogP contribution in [-0.4, -0.2) is 38.9 Å².